The lowest BCUT2D eigenvalue weighted by atomic mass is 10.2. The van der Waals surface area contributed by atoms with Crippen molar-refractivity contribution in [3.8, 4) is 0 Å². The molecule has 0 aliphatic rings. The fraction of sp³-hybridized carbons (Fsp3) is 0.552. The fourth-order valence-corrected chi connectivity index (χ4v) is 1.69. The van der Waals surface area contributed by atoms with Gasteiger partial charge in [0.2, 0.25) is 0 Å². The summed E-state index contributed by atoms with van der Waals surface area (Å²) in [5, 5.41) is 0. The van der Waals surface area contributed by atoms with Crippen molar-refractivity contribution in [1.29, 1.82) is 0 Å². The van der Waals surface area contributed by atoms with E-state index < -0.39 is 6.10 Å². The maximum atomic E-state index is 11.7. The van der Waals surface area contributed by atoms with Crippen LogP contribution < -0.4 is 5.73 Å². The Morgan fingerprint density at radius 3 is 1.88 bits per heavy atom. The van der Waals surface area contributed by atoms with Gasteiger partial charge in [0.05, 0.1) is 6.61 Å². The first-order valence-electron chi connectivity index (χ1n) is 12.2. The smallest absolute Gasteiger partial charge is 0.347 e. The Hall–Kier alpha value is -2.49. The summed E-state index contributed by atoms with van der Waals surface area (Å²) in [5.74, 6) is 0.159. The molecule has 0 heterocycles. The van der Waals surface area contributed by atoms with Gasteiger partial charge in [-0.15, -0.1) is 6.58 Å². The van der Waals surface area contributed by atoms with Gasteiger partial charge >= 0.3 is 5.97 Å². The first kappa shape index (κ1) is 37.8. The molecule has 0 bridgehead atoms. The average molecular weight is 464 g/mol. The first-order valence-corrected chi connectivity index (χ1v) is 12.2. The van der Waals surface area contributed by atoms with E-state index in [9.17, 15) is 4.79 Å². The van der Waals surface area contributed by atoms with Gasteiger partial charge in [-0.1, -0.05) is 90.3 Å². The highest BCUT2D eigenvalue weighted by Gasteiger charge is 2.20. The van der Waals surface area contributed by atoms with Crippen LogP contribution >= 0.6 is 0 Å². The number of carbonyl (C=O) groups is 1. The summed E-state index contributed by atoms with van der Waals surface area (Å²) in [7, 11) is 0. The summed E-state index contributed by atoms with van der Waals surface area (Å²) >= 11 is 0. The maximum Gasteiger partial charge on any atom is 0.347 e. The van der Waals surface area contributed by atoms with E-state index in [0.29, 0.717) is 24.5 Å². The third-order valence-corrected chi connectivity index (χ3v) is 3.46. The highest BCUT2D eigenvalue weighted by Crippen LogP contribution is 2.11. The van der Waals surface area contributed by atoms with Gasteiger partial charge in [-0.2, -0.15) is 0 Å². The molecule has 2 N–H and O–H groups in total. The van der Waals surface area contributed by atoms with E-state index in [1.807, 2.05) is 26.8 Å². The molecule has 0 rings (SSSR count). The predicted octanol–water partition coefficient (Wildman–Crippen LogP) is 8.58. The van der Waals surface area contributed by atoms with E-state index in [2.05, 4.69) is 59.1 Å². The van der Waals surface area contributed by atoms with Gasteiger partial charge in [0, 0.05) is 5.70 Å². The van der Waals surface area contributed by atoms with E-state index >= 15 is 0 Å². The average Bonchev–Trinajstić information content (AvgIpc) is 2.80. The van der Waals surface area contributed by atoms with Crippen molar-refractivity contribution in [2.24, 2.45) is 5.73 Å². The van der Waals surface area contributed by atoms with Crippen molar-refractivity contribution in [3.63, 3.8) is 0 Å². The van der Waals surface area contributed by atoms with Crippen molar-refractivity contribution in [2.75, 3.05) is 6.61 Å². The molecule has 0 fully saturated rings. The Labute approximate surface area is 206 Å². The van der Waals surface area contributed by atoms with Gasteiger partial charge in [0.25, 0.3) is 0 Å². The summed E-state index contributed by atoms with van der Waals surface area (Å²) in [5.41, 5.74) is 7.51. The SMILES string of the molecule is C=C/C(=C\C=C(/C)N)OC(CCC)C(=O)OCC.C=CC/C=C\C=C(C)C.CC.CCCC. The molecule has 0 aromatic heterocycles. The minimum atomic E-state index is -0.592. The molecule has 0 aliphatic carbocycles. The van der Waals surface area contributed by atoms with Crippen molar-refractivity contribution >= 4 is 5.97 Å². The number of carbonyl (C=O) groups excluding carboxylic acids is 1. The van der Waals surface area contributed by atoms with Crippen molar-refractivity contribution in [2.45, 2.75) is 101 Å². The summed E-state index contributed by atoms with van der Waals surface area (Å²) in [6.07, 6.45) is 17.5. The molecule has 1 unspecified atom stereocenters. The van der Waals surface area contributed by atoms with E-state index in [1.165, 1.54) is 18.4 Å². The molecule has 0 saturated carbocycles. The Morgan fingerprint density at radius 2 is 1.52 bits per heavy atom. The summed E-state index contributed by atoms with van der Waals surface area (Å²) < 4.78 is 10.5. The zero-order valence-electron chi connectivity index (χ0n) is 23.1. The van der Waals surface area contributed by atoms with E-state index in [-0.39, 0.29) is 5.97 Å². The largest absolute Gasteiger partial charge is 0.479 e. The quantitative estimate of drug-likeness (QED) is 0.136. The highest BCUT2D eigenvalue weighted by molar-refractivity contribution is 5.74. The van der Waals surface area contributed by atoms with E-state index in [0.717, 1.165) is 12.8 Å². The van der Waals surface area contributed by atoms with Gasteiger partial charge in [-0.05, 0) is 58.8 Å². The molecule has 1 atom stereocenters. The molecule has 0 spiro atoms. The third-order valence-electron chi connectivity index (χ3n) is 3.46. The van der Waals surface area contributed by atoms with Crippen LogP contribution in [0.2, 0.25) is 0 Å². The van der Waals surface area contributed by atoms with E-state index in [4.69, 9.17) is 15.2 Å². The third kappa shape index (κ3) is 34.3. The van der Waals surface area contributed by atoms with Crippen LogP contribution in [0.25, 0.3) is 0 Å². The molecular weight excluding hydrogens is 410 g/mol. The van der Waals surface area contributed by atoms with Crippen LogP contribution in [0.1, 0.15) is 94.4 Å². The minimum absolute atomic E-state index is 0.345. The number of hydrogen-bond acceptors (Lipinski definition) is 4. The number of hydrogen-bond donors (Lipinski definition) is 1. The molecule has 0 aromatic rings. The number of rotatable bonds is 12. The lowest BCUT2D eigenvalue weighted by molar-refractivity contribution is -0.154. The second-order valence-corrected chi connectivity index (χ2v) is 7.03. The maximum absolute atomic E-state index is 11.7. The fourth-order valence-electron chi connectivity index (χ4n) is 1.69. The zero-order valence-corrected chi connectivity index (χ0v) is 23.1. The molecule has 0 amide bonds. The molecule has 4 heteroatoms. The molecule has 0 radical (unpaired) electrons. The van der Waals surface area contributed by atoms with Crippen LogP contribution in [-0.4, -0.2) is 18.7 Å². The monoisotopic (exact) mass is 463 g/mol. The van der Waals surface area contributed by atoms with Crippen molar-refractivity contribution in [1.82, 2.24) is 0 Å². The van der Waals surface area contributed by atoms with Crippen LogP contribution in [-0.2, 0) is 14.3 Å². The Morgan fingerprint density at radius 1 is 0.939 bits per heavy atom. The topological polar surface area (TPSA) is 61.5 Å². The number of nitrogens with two attached hydrogens (primary N) is 1. The summed E-state index contributed by atoms with van der Waals surface area (Å²) in [6, 6.07) is 0. The Kier molecular flexibility index (Phi) is 36.3. The predicted molar refractivity (Wildman–Crippen MR) is 148 cm³/mol. The lowest BCUT2D eigenvalue weighted by Crippen LogP contribution is -2.26. The van der Waals surface area contributed by atoms with Gasteiger partial charge in [0.1, 0.15) is 5.76 Å². The number of allylic oxidation sites excluding steroid dienone is 9. The molecule has 0 aromatic carbocycles. The standard InChI is InChI=1S/C14H23NO3.C9H14.C4H10.C2H6/c1-5-8-13(14(16)17-7-3)18-12(6-2)10-9-11(4)15;1-4-5-6-7-8-9(2)3;1-3-4-2;1-2/h6,9-10,13H,2,5,7-8,15H2,1,3-4H3;4,6-8H,1,5H2,2-3H3;3-4H2,1-2H3;1-2H3/b11-9+,12-10+;7-6-;;. The van der Waals surface area contributed by atoms with Gasteiger partial charge in [-0.25, -0.2) is 4.79 Å². The first-order chi connectivity index (χ1) is 15.7. The molecule has 0 saturated heterocycles. The van der Waals surface area contributed by atoms with Gasteiger partial charge in [-0.3, -0.25) is 0 Å². The Bertz CT molecular complexity index is 574. The number of unbranched alkanes of at least 4 members (excludes halogenated alkanes) is 1. The molecule has 33 heavy (non-hydrogen) atoms. The summed E-state index contributed by atoms with van der Waals surface area (Å²) in [4.78, 5) is 11.7. The van der Waals surface area contributed by atoms with Crippen molar-refractivity contribution < 1.29 is 14.3 Å². The normalized spacial score (nSPS) is 11.3. The Balaban J connectivity index is -0.000000232. The van der Waals surface area contributed by atoms with Gasteiger partial charge in [0.15, 0.2) is 6.10 Å². The zero-order chi connectivity index (χ0) is 26.5. The highest BCUT2D eigenvalue weighted by atomic mass is 16.6. The van der Waals surface area contributed by atoms with Crippen LogP contribution in [0.5, 0.6) is 0 Å². The van der Waals surface area contributed by atoms with E-state index in [1.54, 1.807) is 32.1 Å². The van der Waals surface area contributed by atoms with Gasteiger partial charge < -0.3 is 15.2 Å². The number of ether oxygens (including phenoxy) is 2. The second kappa shape index (κ2) is 31.7. The number of esters is 1. The van der Waals surface area contributed by atoms with Crippen LogP contribution in [0, 0.1) is 0 Å². The molecule has 192 valence electrons. The van der Waals surface area contributed by atoms with Crippen LogP contribution in [0.15, 0.2) is 72.7 Å². The van der Waals surface area contributed by atoms with Crippen LogP contribution in [0.3, 0.4) is 0 Å². The molecule has 4 nitrogen and oxygen atoms in total. The van der Waals surface area contributed by atoms with Crippen molar-refractivity contribution in [3.05, 3.63) is 72.7 Å². The molecule has 0 aliphatic heterocycles. The van der Waals surface area contributed by atoms with Crippen LogP contribution in [0.4, 0.5) is 0 Å². The lowest BCUT2D eigenvalue weighted by Gasteiger charge is -2.17. The minimum Gasteiger partial charge on any atom is -0.479 e. The molecular formula is C29H53NO3. The second-order valence-electron chi connectivity index (χ2n) is 7.03. The summed E-state index contributed by atoms with van der Waals surface area (Å²) in [6.45, 7) is 25.6.